The van der Waals surface area contributed by atoms with Crippen molar-refractivity contribution in [3.8, 4) is 11.6 Å². The molecule has 2 nitrogen and oxygen atoms in total. The van der Waals surface area contributed by atoms with E-state index in [4.69, 9.17) is 4.52 Å². The zero-order valence-electron chi connectivity index (χ0n) is 10.5. The summed E-state index contributed by atoms with van der Waals surface area (Å²) >= 11 is 0. The molecule has 0 aromatic heterocycles. The number of hydrogen-bond donors (Lipinski definition) is 0. The van der Waals surface area contributed by atoms with Crippen LogP contribution < -0.4 is 4.67 Å². The van der Waals surface area contributed by atoms with Gasteiger partial charge in [0.2, 0.25) is 8.30 Å². The van der Waals surface area contributed by atoms with Crippen LogP contribution in [0.2, 0.25) is 0 Å². The van der Waals surface area contributed by atoms with Crippen molar-refractivity contribution in [2.75, 3.05) is 17.8 Å². The number of nitrogens with zero attached hydrogens (tertiary/aromatic N) is 1. The fourth-order valence-electron chi connectivity index (χ4n) is 1.93. The average molecular weight is 267 g/mol. The van der Waals surface area contributed by atoms with Crippen LogP contribution in [0.3, 0.4) is 0 Å². The van der Waals surface area contributed by atoms with E-state index in [-0.39, 0.29) is 0 Å². The van der Waals surface area contributed by atoms with Gasteiger partial charge in [-0.25, -0.2) is 0 Å². The maximum absolute atomic E-state index is 5.76. The molecule has 3 heteroatoms. The fraction of sp³-hybridized carbons (Fsp3) is 0.125. The summed E-state index contributed by atoms with van der Waals surface area (Å²) in [6.07, 6.45) is 0. The lowest BCUT2D eigenvalue weighted by Crippen LogP contribution is -2.11. The van der Waals surface area contributed by atoms with Gasteiger partial charge in [0.15, 0.2) is 0 Å². The van der Waals surface area contributed by atoms with Gasteiger partial charge in [0.25, 0.3) is 0 Å². The first-order valence-electron chi connectivity index (χ1n) is 6.26. The van der Waals surface area contributed by atoms with E-state index in [9.17, 15) is 0 Å². The van der Waals surface area contributed by atoms with Crippen LogP contribution in [0.25, 0.3) is 0 Å². The quantitative estimate of drug-likeness (QED) is 0.575. The summed E-state index contributed by atoms with van der Waals surface area (Å²) in [5.74, 6) is 3.20. The molecule has 1 atom stereocenters. The Hall–Kier alpha value is -1.81. The Balaban J connectivity index is 1.80. The molecule has 0 spiro atoms. The molecule has 0 aliphatic carbocycles. The van der Waals surface area contributed by atoms with Gasteiger partial charge in [0.05, 0.1) is 6.61 Å². The number of rotatable bonds is 1. The first kappa shape index (κ1) is 12.2. The standard InChI is InChI=1S/C16H14NOP/c1-3-7-15(8-4-1)11-14-19-17(12-13-18-19)16-9-5-2-6-10-16/h1-10H,12-13H2. The summed E-state index contributed by atoms with van der Waals surface area (Å²) in [5, 5.41) is 0. The van der Waals surface area contributed by atoms with Crippen LogP contribution in [0, 0.1) is 11.6 Å². The van der Waals surface area contributed by atoms with E-state index in [0.29, 0.717) is 0 Å². The predicted molar refractivity (Wildman–Crippen MR) is 80.0 cm³/mol. The van der Waals surface area contributed by atoms with Gasteiger partial charge in [-0.2, -0.15) is 0 Å². The molecule has 2 aromatic rings. The van der Waals surface area contributed by atoms with Crippen LogP contribution in [0.5, 0.6) is 0 Å². The third-order valence-electron chi connectivity index (χ3n) is 2.86. The molecule has 0 bridgehead atoms. The molecular weight excluding hydrogens is 253 g/mol. The van der Waals surface area contributed by atoms with Crippen LogP contribution in [0.15, 0.2) is 60.7 Å². The Morgan fingerprint density at radius 3 is 2.37 bits per heavy atom. The van der Waals surface area contributed by atoms with Gasteiger partial charge < -0.3 is 9.19 Å². The minimum absolute atomic E-state index is 0.754. The number of anilines is 1. The monoisotopic (exact) mass is 267 g/mol. The van der Waals surface area contributed by atoms with Crippen LogP contribution in [-0.4, -0.2) is 13.2 Å². The second-order valence-corrected chi connectivity index (χ2v) is 5.68. The zero-order chi connectivity index (χ0) is 12.9. The van der Waals surface area contributed by atoms with Gasteiger partial charge >= 0.3 is 0 Å². The molecule has 2 aromatic carbocycles. The minimum Gasteiger partial charge on any atom is -0.328 e. The molecule has 1 unspecified atom stereocenters. The molecule has 19 heavy (non-hydrogen) atoms. The fourth-order valence-corrected chi connectivity index (χ4v) is 3.35. The topological polar surface area (TPSA) is 12.5 Å². The Morgan fingerprint density at radius 1 is 0.947 bits per heavy atom. The first-order chi connectivity index (χ1) is 9.43. The molecule has 1 fully saturated rings. The van der Waals surface area contributed by atoms with Crippen LogP contribution in [-0.2, 0) is 4.52 Å². The second kappa shape index (κ2) is 5.89. The van der Waals surface area contributed by atoms with Crippen molar-refractivity contribution in [3.63, 3.8) is 0 Å². The highest BCUT2D eigenvalue weighted by Crippen LogP contribution is 2.47. The SMILES string of the molecule is C(#CP1OCCN1c1ccccc1)c1ccccc1. The lowest BCUT2D eigenvalue weighted by molar-refractivity contribution is 0.403. The maximum atomic E-state index is 5.76. The lowest BCUT2D eigenvalue weighted by atomic mass is 10.2. The summed E-state index contributed by atoms with van der Waals surface area (Å²) in [4.78, 5) is 0. The maximum Gasteiger partial charge on any atom is 0.217 e. The van der Waals surface area contributed by atoms with Crippen molar-refractivity contribution < 1.29 is 4.52 Å². The van der Waals surface area contributed by atoms with Crippen molar-refractivity contribution in [2.24, 2.45) is 0 Å². The highest BCUT2D eigenvalue weighted by molar-refractivity contribution is 7.60. The molecule has 3 rings (SSSR count). The van der Waals surface area contributed by atoms with Gasteiger partial charge in [-0.1, -0.05) is 42.3 Å². The Bertz CT molecular complexity index is 588. The first-order valence-corrected chi connectivity index (χ1v) is 7.47. The molecular formula is C16H14NOP. The average Bonchev–Trinajstić information content (AvgIpc) is 2.95. The Morgan fingerprint density at radius 2 is 1.63 bits per heavy atom. The van der Waals surface area contributed by atoms with Crippen molar-refractivity contribution in [2.45, 2.75) is 0 Å². The van der Waals surface area contributed by atoms with Gasteiger partial charge in [-0.3, -0.25) is 0 Å². The number of para-hydroxylation sites is 1. The van der Waals surface area contributed by atoms with Gasteiger partial charge in [-0.15, -0.1) is 0 Å². The molecule has 1 heterocycles. The smallest absolute Gasteiger partial charge is 0.217 e. The predicted octanol–water partition coefficient (Wildman–Crippen LogP) is 3.84. The van der Waals surface area contributed by atoms with E-state index in [1.54, 1.807) is 0 Å². The Kier molecular flexibility index (Phi) is 3.79. The van der Waals surface area contributed by atoms with Crippen LogP contribution >= 0.6 is 8.30 Å². The van der Waals surface area contributed by atoms with Gasteiger partial charge in [0, 0.05) is 17.8 Å². The van der Waals surface area contributed by atoms with E-state index >= 15 is 0 Å². The van der Waals surface area contributed by atoms with Crippen molar-refractivity contribution >= 4 is 14.0 Å². The number of hydrogen-bond acceptors (Lipinski definition) is 2. The highest BCUT2D eigenvalue weighted by Gasteiger charge is 2.24. The van der Waals surface area contributed by atoms with Crippen molar-refractivity contribution in [1.29, 1.82) is 0 Å². The van der Waals surface area contributed by atoms with Crippen LogP contribution in [0.4, 0.5) is 5.69 Å². The van der Waals surface area contributed by atoms with E-state index in [1.807, 2.05) is 48.5 Å². The van der Waals surface area contributed by atoms with E-state index in [1.165, 1.54) is 5.69 Å². The molecule has 0 amide bonds. The van der Waals surface area contributed by atoms with E-state index < -0.39 is 8.30 Å². The van der Waals surface area contributed by atoms with Crippen molar-refractivity contribution in [1.82, 2.24) is 0 Å². The summed E-state index contributed by atoms with van der Waals surface area (Å²) in [6.45, 7) is 1.67. The zero-order valence-corrected chi connectivity index (χ0v) is 11.4. The molecule has 94 valence electrons. The van der Waals surface area contributed by atoms with Gasteiger partial charge in [-0.05, 0) is 29.9 Å². The lowest BCUT2D eigenvalue weighted by Gasteiger charge is -2.19. The molecule has 1 saturated heterocycles. The van der Waals surface area contributed by atoms with Crippen LogP contribution in [0.1, 0.15) is 5.56 Å². The van der Waals surface area contributed by atoms with E-state index in [2.05, 4.69) is 28.4 Å². The normalized spacial score (nSPS) is 17.9. The van der Waals surface area contributed by atoms with Crippen molar-refractivity contribution in [3.05, 3.63) is 66.2 Å². The second-order valence-electron chi connectivity index (χ2n) is 4.17. The molecule has 0 radical (unpaired) electrons. The summed E-state index contributed by atoms with van der Waals surface area (Å²) in [7, 11) is -0.836. The summed E-state index contributed by atoms with van der Waals surface area (Å²) in [6, 6.07) is 20.4. The number of benzene rings is 2. The van der Waals surface area contributed by atoms with E-state index in [0.717, 1.165) is 18.7 Å². The molecule has 0 saturated carbocycles. The largest absolute Gasteiger partial charge is 0.328 e. The Labute approximate surface area is 114 Å². The molecule has 0 N–H and O–H groups in total. The molecule has 1 aliphatic rings. The minimum atomic E-state index is -0.836. The third-order valence-corrected chi connectivity index (χ3v) is 4.46. The third kappa shape index (κ3) is 2.96. The summed E-state index contributed by atoms with van der Waals surface area (Å²) in [5.41, 5.74) is 5.49. The molecule has 1 aliphatic heterocycles. The summed E-state index contributed by atoms with van der Waals surface area (Å²) < 4.78 is 8.01. The highest BCUT2D eigenvalue weighted by atomic mass is 31.2. The van der Waals surface area contributed by atoms with Gasteiger partial charge in [0.1, 0.15) is 0 Å².